The number of ketones is 2. The smallest absolute Gasteiger partial charge is 0.326 e. The van der Waals surface area contributed by atoms with Crippen molar-refractivity contribution in [2.45, 2.75) is 137 Å². The zero-order chi connectivity index (χ0) is 54.7. The average molecular weight is 1050 g/mol. The van der Waals surface area contributed by atoms with Gasteiger partial charge in [-0.1, -0.05) is 71.4 Å². The maximum atomic E-state index is 15.4. The molecule has 0 saturated heterocycles. The monoisotopic (exact) mass is 1050 g/mol. The van der Waals surface area contributed by atoms with Crippen molar-refractivity contribution in [2.75, 3.05) is 24.6 Å². The van der Waals surface area contributed by atoms with Crippen molar-refractivity contribution in [2.24, 2.45) is 17.3 Å². The second-order valence-electron chi connectivity index (χ2n) is 20.2. The molecule has 16 nitrogen and oxygen atoms in total. The third-order valence-corrected chi connectivity index (χ3v) is 13.8. The van der Waals surface area contributed by atoms with Crippen LogP contribution >= 0.6 is 11.8 Å². The van der Waals surface area contributed by atoms with Crippen molar-refractivity contribution in [3.63, 3.8) is 0 Å². The molecule has 0 radical (unpaired) electrons. The number of rotatable bonds is 32. The number of carbonyl (C=O) groups excluding carboxylic acids is 7. The van der Waals surface area contributed by atoms with E-state index in [1.165, 1.54) is 12.2 Å². The second-order valence-corrected chi connectivity index (χ2v) is 21.3. The molecule has 19 heteroatoms. The van der Waals surface area contributed by atoms with Gasteiger partial charge < -0.3 is 30.3 Å². The van der Waals surface area contributed by atoms with Crippen molar-refractivity contribution in [3.8, 4) is 11.1 Å². The van der Waals surface area contributed by atoms with E-state index < -0.39 is 71.3 Å². The Balaban J connectivity index is 1.48. The number of nitrogens with one attached hydrogen (secondary N) is 2. The number of hydrogen-bond donors (Lipinski definition) is 4. The van der Waals surface area contributed by atoms with E-state index in [1.807, 2.05) is 69.5 Å². The van der Waals surface area contributed by atoms with Gasteiger partial charge in [-0.15, -0.1) is 0 Å². The van der Waals surface area contributed by atoms with Crippen LogP contribution in [0, 0.1) is 28.9 Å². The van der Waals surface area contributed by atoms with Gasteiger partial charge in [0.2, 0.25) is 17.7 Å². The second kappa shape index (κ2) is 28.8. The molecular formula is C55H71F2N5O11S. The highest BCUT2D eigenvalue weighted by atomic mass is 32.2. The zero-order valence-corrected chi connectivity index (χ0v) is 44.0. The third-order valence-electron chi connectivity index (χ3n) is 12.8. The minimum Gasteiger partial charge on any atom is -0.481 e. The van der Waals surface area contributed by atoms with Gasteiger partial charge in [0.25, 0.3) is 11.8 Å². The quantitative estimate of drug-likeness (QED) is 0.0345. The maximum Gasteiger partial charge on any atom is 0.326 e. The standard InChI is InChI=1S/C55H71F2N5O11S/c1-35(2)41(31-40(63)17-11-8-13-26-61-48(66)22-23-49(61)67)53(71)58-36(3)46(64)18-12-14-27-62(50(68)34-74-28-25-47(65)59-44(54(72)73)21-24-51(69)70)52(55(4,5)6)45-29-38(42-30-39(56)19-20-43(42)57)33-60(45)32-37-15-9-7-10-16-37/h7,9-10,15-16,19-20,22-23,29-30,33,35-36,41,44,52H,8,11-14,17-18,21,24-28,31-32,34H2,1-6H3,(H,58,71)(H,59,65)(H,69,70)(H,72,73)/t36-,41-,44-,52-/m0/s1. The van der Waals surface area contributed by atoms with E-state index >= 15 is 4.39 Å². The molecule has 0 unspecified atom stereocenters. The number of imide groups is 1. The molecule has 4 N–H and O–H groups in total. The summed E-state index contributed by atoms with van der Waals surface area (Å²) >= 11 is 1.15. The number of benzene rings is 2. The van der Waals surface area contributed by atoms with Crippen molar-refractivity contribution in [1.29, 1.82) is 0 Å². The van der Waals surface area contributed by atoms with Gasteiger partial charge in [-0.3, -0.25) is 43.3 Å². The molecule has 1 aromatic heterocycles. The Bertz CT molecular complexity index is 2490. The largest absolute Gasteiger partial charge is 0.481 e. The molecule has 0 spiro atoms. The van der Waals surface area contributed by atoms with Crippen LogP contribution in [0.4, 0.5) is 8.78 Å². The first-order valence-electron chi connectivity index (χ1n) is 25.2. The number of unbranched alkanes of at least 4 members (excludes halogenated alkanes) is 3. The molecule has 3 aromatic rings. The van der Waals surface area contributed by atoms with Gasteiger partial charge in [-0.25, -0.2) is 13.6 Å². The number of carbonyl (C=O) groups is 9. The van der Waals surface area contributed by atoms with Crippen LogP contribution < -0.4 is 10.6 Å². The van der Waals surface area contributed by atoms with Gasteiger partial charge in [0.05, 0.1) is 17.8 Å². The predicted molar refractivity (Wildman–Crippen MR) is 276 cm³/mol. The van der Waals surface area contributed by atoms with Gasteiger partial charge in [-0.05, 0) is 80.2 Å². The molecule has 0 bridgehead atoms. The molecule has 1 aliphatic rings. The minimum absolute atomic E-state index is 0.00506. The minimum atomic E-state index is -1.40. The highest BCUT2D eigenvalue weighted by Gasteiger charge is 2.37. The lowest BCUT2D eigenvalue weighted by Gasteiger charge is -2.41. The molecule has 0 saturated carbocycles. The summed E-state index contributed by atoms with van der Waals surface area (Å²) in [5, 5.41) is 23.6. The Morgan fingerprint density at radius 1 is 0.797 bits per heavy atom. The molecule has 2 aromatic carbocycles. The number of carboxylic acids is 2. The summed E-state index contributed by atoms with van der Waals surface area (Å²) in [6.45, 7) is 11.9. The van der Waals surface area contributed by atoms with E-state index in [1.54, 1.807) is 24.1 Å². The highest BCUT2D eigenvalue weighted by Crippen LogP contribution is 2.41. The number of thioether (sulfide) groups is 1. The number of halogens is 2. The molecule has 0 fully saturated rings. The molecule has 74 heavy (non-hydrogen) atoms. The Kier molecular flexibility index (Phi) is 23.4. The lowest BCUT2D eigenvalue weighted by Crippen LogP contribution is -2.44. The fourth-order valence-electron chi connectivity index (χ4n) is 8.81. The first kappa shape index (κ1) is 60.1. The summed E-state index contributed by atoms with van der Waals surface area (Å²) < 4.78 is 31.9. The van der Waals surface area contributed by atoms with Crippen LogP contribution in [-0.2, 0) is 49.7 Å². The van der Waals surface area contributed by atoms with E-state index in [9.17, 15) is 52.6 Å². The number of amides is 5. The summed E-state index contributed by atoms with van der Waals surface area (Å²) in [5.41, 5.74) is 1.30. The number of nitrogens with zero attached hydrogens (tertiary/aromatic N) is 3. The van der Waals surface area contributed by atoms with Crippen LogP contribution in [-0.4, -0.2) is 114 Å². The molecule has 4 rings (SSSR count). The number of Topliss-reactive ketones (excluding diaryl/α,β-unsaturated/α-hetero) is 2. The van der Waals surface area contributed by atoms with Gasteiger partial charge in [0.15, 0.2) is 5.78 Å². The first-order valence-corrected chi connectivity index (χ1v) is 26.3. The SMILES string of the molecule is CC(C)[C@H](CC(=O)CCCCCN1C(=O)C=CC1=O)C(=O)N[C@@H](C)C(=O)CCCCN(C(=O)CSCCC(=O)N[C@@H](CCC(=O)O)C(=O)O)[C@@H](c1cc(-c2cc(F)ccc2F)cn1Cc1ccccc1)C(C)(C)C. The van der Waals surface area contributed by atoms with E-state index in [4.69, 9.17) is 5.11 Å². The summed E-state index contributed by atoms with van der Waals surface area (Å²) in [4.78, 5) is 117. The molecular weight excluding hydrogens is 977 g/mol. The van der Waals surface area contributed by atoms with Crippen molar-refractivity contribution in [3.05, 3.63) is 95.8 Å². The Labute approximate surface area is 436 Å². The Morgan fingerprint density at radius 2 is 1.47 bits per heavy atom. The first-order chi connectivity index (χ1) is 35.0. The molecule has 1 aliphatic heterocycles. The maximum absolute atomic E-state index is 15.4. The van der Waals surface area contributed by atoms with Crippen molar-refractivity contribution >= 4 is 64.8 Å². The predicted octanol–water partition coefficient (Wildman–Crippen LogP) is 7.92. The lowest BCUT2D eigenvalue weighted by atomic mass is 9.82. The Hall–Kier alpha value is -6.50. The number of aromatic nitrogens is 1. The fourth-order valence-corrected chi connectivity index (χ4v) is 9.62. The summed E-state index contributed by atoms with van der Waals surface area (Å²) in [5.74, 6) is -7.10. The van der Waals surface area contributed by atoms with E-state index in [2.05, 4.69) is 10.6 Å². The summed E-state index contributed by atoms with van der Waals surface area (Å²) in [7, 11) is 0. The molecule has 0 aliphatic carbocycles. The van der Waals surface area contributed by atoms with Crippen LogP contribution in [0.3, 0.4) is 0 Å². The van der Waals surface area contributed by atoms with Crippen LogP contribution in [0.1, 0.15) is 129 Å². The van der Waals surface area contributed by atoms with Gasteiger partial charge in [-0.2, -0.15) is 11.8 Å². The van der Waals surface area contributed by atoms with Crippen LogP contribution in [0.25, 0.3) is 11.1 Å². The molecule has 4 atom stereocenters. The van der Waals surface area contributed by atoms with E-state index in [-0.39, 0.29) is 97.5 Å². The lowest BCUT2D eigenvalue weighted by molar-refractivity contribution is -0.143. The molecule has 402 valence electrons. The number of hydrogen-bond acceptors (Lipinski definition) is 10. The van der Waals surface area contributed by atoms with Gasteiger partial charge >= 0.3 is 11.9 Å². The highest BCUT2D eigenvalue weighted by molar-refractivity contribution is 7.99. The average Bonchev–Trinajstić information content (AvgIpc) is 3.89. The van der Waals surface area contributed by atoms with Crippen molar-refractivity contribution in [1.82, 2.24) is 25.0 Å². The molecule has 5 amide bonds. The molecule has 2 heterocycles. The zero-order valence-electron chi connectivity index (χ0n) is 43.2. The third kappa shape index (κ3) is 18.8. The number of carboxylic acid groups (broad SMARTS) is 2. The van der Waals surface area contributed by atoms with Gasteiger partial charge in [0, 0.05) is 98.6 Å². The topological polar surface area (TPSA) is 230 Å². The Morgan fingerprint density at radius 3 is 2.11 bits per heavy atom. The fraction of sp³-hybridized carbons (Fsp3) is 0.509. The number of aliphatic carboxylic acids is 2. The van der Waals surface area contributed by atoms with Crippen LogP contribution in [0.15, 0.2) is 72.9 Å². The van der Waals surface area contributed by atoms with Gasteiger partial charge in [0.1, 0.15) is 23.5 Å². The summed E-state index contributed by atoms with van der Waals surface area (Å²) in [6.07, 6.45) is 5.94. The van der Waals surface area contributed by atoms with E-state index in [0.717, 1.165) is 40.4 Å². The van der Waals surface area contributed by atoms with Crippen LogP contribution in [0.5, 0.6) is 0 Å². The van der Waals surface area contributed by atoms with Crippen molar-refractivity contribution < 1.29 is 62.1 Å². The normalized spacial score (nSPS) is 14.1. The summed E-state index contributed by atoms with van der Waals surface area (Å²) in [6, 6.07) is 11.5. The van der Waals surface area contributed by atoms with E-state index in [0.29, 0.717) is 49.9 Å². The van der Waals surface area contributed by atoms with Crippen LogP contribution in [0.2, 0.25) is 0 Å².